The van der Waals surface area contributed by atoms with Gasteiger partial charge in [0.05, 0.1) is 13.1 Å². The number of nitrogens with zero attached hydrogens (tertiary/aromatic N) is 1. The Balaban J connectivity index is 2.06. The molecule has 2 nitrogen and oxygen atoms in total. The van der Waals surface area contributed by atoms with Gasteiger partial charge in [-0.1, -0.05) is 0 Å². The van der Waals surface area contributed by atoms with Crippen LogP contribution in [-0.4, -0.2) is 15.7 Å². The van der Waals surface area contributed by atoms with E-state index < -0.39 is 0 Å². The Hall–Kier alpha value is 1.08. The van der Waals surface area contributed by atoms with Crippen molar-refractivity contribution < 1.29 is 4.79 Å². The van der Waals surface area contributed by atoms with Crippen molar-refractivity contribution in [1.29, 1.82) is 0 Å². The van der Waals surface area contributed by atoms with Gasteiger partial charge in [-0.15, -0.1) is 11.3 Å². The second kappa shape index (κ2) is 4.04. The molecule has 0 unspecified atom stereocenters. The highest BCUT2D eigenvalue weighted by molar-refractivity contribution is 14.1. The van der Waals surface area contributed by atoms with Gasteiger partial charge in [-0.25, -0.2) is 0 Å². The van der Waals surface area contributed by atoms with Gasteiger partial charge in [0.25, 0.3) is 0 Å². The quantitative estimate of drug-likeness (QED) is 0.543. The van der Waals surface area contributed by atoms with Crippen LogP contribution in [0.2, 0.25) is 0 Å². The predicted molar refractivity (Wildman–Crippen MR) is 83.5 cm³/mol. The molecule has 2 aliphatic rings. The molecule has 0 N–H and O–H groups in total. The Kier molecular flexibility index (Phi) is 3.06. The van der Waals surface area contributed by atoms with E-state index in [1.54, 1.807) is 11.3 Å². The van der Waals surface area contributed by atoms with Crippen LogP contribution in [0.4, 0.5) is 0 Å². The van der Waals surface area contributed by atoms with Crippen molar-refractivity contribution in [3.8, 4) is 0 Å². The second-order valence-electron chi connectivity index (χ2n) is 3.67. The number of carbonyl (C=O) groups excluding carboxylic acids is 1. The number of halogens is 3. The van der Waals surface area contributed by atoms with E-state index in [4.69, 9.17) is 0 Å². The summed E-state index contributed by atoms with van der Waals surface area (Å²) in [5.41, 5.74) is -0.341. The molecular weight excluding hydrogens is 489 g/mol. The monoisotopic (exact) mass is 491 g/mol. The fourth-order valence-electron chi connectivity index (χ4n) is 1.48. The molecule has 0 bridgehead atoms. The summed E-state index contributed by atoms with van der Waals surface area (Å²) in [6, 6.07) is 0. The molecule has 1 aromatic heterocycles. The number of thiophene rings is 1. The molecule has 0 saturated heterocycles. The van der Waals surface area contributed by atoms with E-state index in [0.717, 1.165) is 34.6 Å². The standard InChI is InChI=1S/C9H4Br2INOS2/c10-3-4(12)5(15-6(3)11)7-13-9(1-2-9)8(14)16-7/h1-2H2. The average molecular weight is 493 g/mol. The zero-order chi connectivity index (χ0) is 11.5. The van der Waals surface area contributed by atoms with E-state index in [2.05, 4.69) is 59.4 Å². The third-order valence-corrected chi connectivity index (χ3v) is 9.38. The van der Waals surface area contributed by atoms with Gasteiger partial charge in [-0.2, -0.15) is 0 Å². The first kappa shape index (κ1) is 12.1. The first-order chi connectivity index (χ1) is 7.53. The lowest BCUT2D eigenvalue weighted by atomic mass is 10.3. The van der Waals surface area contributed by atoms with E-state index in [0.29, 0.717) is 0 Å². The SMILES string of the molecule is O=C1SC(c2sc(Br)c(Br)c2I)=NC12CC2. The summed E-state index contributed by atoms with van der Waals surface area (Å²) in [5, 5.41) is 1.11. The van der Waals surface area contributed by atoms with Gasteiger partial charge in [0.1, 0.15) is 10.6 Å². The number of hydrogen-bond donors (Lipinski definition) is 0. The van der Waals surface area contributed by atoms with E-state index in [9.17, 15) is 4.79 Å². The van der Waals surface area contributed by atoms with Crippen molar-refractivity contribution in [2.24, 2.45) is 4.99 Å². The van der Waals surface area contributed by atoms with Gasteiger partial charge in [-0.3, -0.25) is 9.79 Å². The minimum atomic E-state index is -0.341. The molecule has 1 fully saturated rings. The molecule has 1 aliphatic carbocycles. The summed E-state index contributed by atoms with van der Waals surface area (Å²) in [4.78, 5) is 17.5. The summed E-state index contributed by atoms with van der Waals surface area (Å²) in [6.45, 7) is 0. The van der Waals surface area contributed by atoms with Crippen LogP contribution in [0.15, 0.2) is 13.3 Å². The fourth-order valence-corrected chi connectivity index (χ4v) is 6.30. The average Bonchev–Trinajstić information content (AvgIpc) is 2.89. The predicted octanol–water partition coefficient (Wildman–Crippen LogP) is 4.43. The number of carbonyl (C=O) groups is 1. The highest BCUT2D eigenvalue weighted by Gasteiger charge is 2.54. The largest absolute Gasteiger partial charge is 0.284 e. The summed E-state index contributed by atoms with van der Waals surface area (Å²) >= 11 is 12.2. The first-order valence-electron chi connectivity index (χ1n) is 4.49. The van der Waals surface area contributed by atoms with Crippen LogP contribution in [0.3, 0.4) is 0 Å². The lowest BCUT2D eigenvalue weighted by molar-refractivity contribution is -0.112. The van der Waals surface area contributed by atoms with Crippen LogP contribution in [0.5, 0.6) is 0 Å². The van der Waals surface area contributed by atoms with E-state index in [1.165, 1.54) is 11.8 Å². The number of thioether (sulfide) groups is 1. The number of rotatable bonds is 1. The third-order valence-electron chi connectivity index (χ3n) is 2.56. The molecule has 1 aromatic rings. The maximum Gasteiger partial charge on any atom is 0.222 e. The lowest BCUT2D eigenvalue weighted by Gasteiger charge is -1.94. The van der Waals surface area contributed by atoms with E-state index in [-0.39, 0.29) is 10.7 Å². The van der Waals surface area contributed by atoms with Crippen molar-refractivity contribution >= 4 is 87.7 Å². The van der Waals surface area contributed by atoms with E-state index in [1.807, 2.05) is 0 Å². The first-order valence-corrected chi connectivity index (χ1v) is 8.79. The van der Waals surface area contributed by atoms with Crippen LogP contribution in [-0.2, 0) is 4.79 Å². The highest BCUT2D eigenvalue weighted by Crippen LogP contribution is 2.51. The zero-order valence-corrected chi connectivity index (χ0v) is 14.7. The summed E-state index contributed by atoms with van der Waals surface area (Å²) in [6.07, 6.45) is 1.85. The van der Waals surface area contributed by atoms with Crippen LogP contribution in [0.1, 0.15) is 17.7 Å². The van der Waals surface area contributed by atoms with Crippen LogP contribution in [0, 0.1) is 3.57 Å². The van der Waals surface area contributed by atoms with Crippen molar-refractivity contribution in [1.82, 2.24) is 0 Å². The van der Waals surface area contributed by atoms with Gasteiger partial charge in [0, 0.05) is 3.57 Å². The normalized spacial score (nSPS) is 21.7. The Morgan fingerprint density at radius 1 is 1.38 bits per heavy atom. The van der Waals surface area contributed by atoms with E-state index >= 15 is 0 Å². The maximum atomic E-state index is 11.8. The number of hydrogen-bond acceptors (Lipinski definition) is 4. The Morgan fingerprint density at radius 3 is 2.50 bits per heavy atom. The van der Waals surface area contributed by atoms with Crippen molar-refractivity contribution in [2.75, 3.05) is 0 Å². The molecule has 7 heteroatoms. The topological polar surface area (TPSA) is 29.4 Å². The molecule has 0 aromatic carbocycles. The lowest BCUT2D eigenvalue weighted by Crippen LogP contribution is -2.10. The van der Waals surface area contributed by atoms with Gasteiger partial charge in [0.2, 0.25) is 5.12 Å². The molecular formula is C9H4Br2INOS2. The van der Waals surface area contributed by atoms with Gasteiger partial charge in [-0.05, 0) is 79.1 Å². The maximum absolute atomic E-state index is 11.8. The fraction of sp³-hybridized carbons (Fsp3) is 0.333. The molecule has 0 radical (unpaired) electrons. The van der Waals surface area contributed by atoms with Crippen molar-refractivity contribution in [3.63, 3.8) is 0 Å². The Bertz CT molecular complexity index is 536. The smallest absolute Gasteiger partial charge is 0.222 e. The molecule has 1 aliphatic heterocycles. The van der Waals surface area contributed by atoms with Gasteiger partial charge < -0.3 is 0 Å². The van der Waals surface area contributed by atoms with Gasteiger partial charge in [0.15, 0.2) is 0 Å². The summed E-state index contributed by atoms with van der Waals surface area (Å²) in [5.74, 6) is 0. The highest BCUT2D eigenvalue weighted by atomic mass is 127. The molecule has 0 atom stereocenters. The molecule has 84 valence electrons. The summed E-state index contributed by atoms with van der Waals surface area (Å²) in [7, 11) is 0. The van der Waals surface area contributed by atoms with Crippen LogP contribution < -0.4 is 0 Å². The molecule has 1 saturated carbocycles. The van der Waals surface area contributed by atoms with Gasteiger partial charge >= 0.3 is 0 Å². The Morgan fingerprint density at radius 2 is 2.06 bits per heavy atom. The molecule has 16 heavy (non-hydrogen) atoms. The Labute approximate surface area is 131 Å². The molecule has 3 rings (SSSR count). The van der Waals surface area contributed by atoms with Crippen LogP contribution in [0.25, 0.3) is 0 Å². The minimum absolute atomic E-state index is 0.221. The summed E-state index contributed by atoms with van der Waals surface area (Å²) < 4.78 is 3.24. The van der Waals surface area contributed by atoms with Crippen molar-refractivity contribution in [3.05, 3.63) is 16.7 Å². The second-order valence-corrected chi connectivity index (χ2v) is 8.84. The minimum Gasteiger partial charge on any atom is -0.284 e. The molecule has 1 spiro atoms. The van der Waals surface area contributed by atoms with Crippen molar-refractivity contribution in [2.45, 2.75) is 18.4 Å². The molecule has 2 heterocycles. The zero-order valence-electron chi connectivity index (χ0n) is 7.72. The third kappa shape index (κ3) is 1.77. The molecule has 0 amide bonds. The van der Waals surface area contributed by atoms with Crippen LogP contribution >= 0.6 is 77.5 Å². The number of aliphatic imine (C=N–C) groups is 1.